The van der Waals surface area contributed by atoms with E-state index in [0.717, 1.165) is 129 Å². The second-order valence-corrected chi connectivity index (χ2v) is 23.8. The molecule has 0 aliphatic heterocycles. The van der Waals surface area contributed by atoms with E-state index in [-0.39, 0.29) is 0 Å². The third-order valence-corrected chi connectivity index (χ3v) is 18.3. The largest absolute Gasteiger partial charge is 0.309 e. The van der Waals surface area contributed by atoms with Crippen LogP contribution in [0.2, 0.25) is 0 Å². The molecule has 5 aromatic heterocycles. The van der Waals surface area contributed by atoms with E-state index in [9.17, 15) is 0 Å². The topological polar surface area (TPSA) is 66.3 Å². The Bertz CT molecular complexity index is 5610. The van der Waals surface area contributed by atoms with Crippen LogP contribution < -0.4 is 0 Å². The summed E-state index contributed by atoms with van der Waals surface area (Å²) in [5.41, 5.74) is 23.9. The number of nitrogens with zero attached hydrogens (tertiary/aromatic N) is 7. The molecule has 0 spiro atoms. The molecule has 0 aliphatic carbocycles. The van der Waals surface area contributed by atoms with Crippen molar-refractivity contribution in [2.75, 3.05) is 0 Å². The van der Waals surface area contributed by atoms with Gasteiger partial charge in [-0.15, -0.1) is 0 Å². The van der Waals surface area contributed by atoms with Crippen LogP contribution in [0.15, 0.2) is 334 Å². The molecule has 13 aromatic carbocycles. The van der Waals surface area contributed by atoms with Crippen LogP contribution >= 0.6 is 0 Å². The molecule has 0 aliphatic rings. The first-order valence-electron chi connectivity index (χ1n) is 31.5. The lowest BCUT2D eigenvalue weighted by molar-refractivity contribution is 1.13. The van der Waals surface area contributed by atoms with E-state index >= 15 is 0 Å². The van der Waals surface area contributed by atoms with Crippen LogP contribution in [0.3, 0.4) is 0 Å². The van der Waals surface area contributed by atoms with E-state index in [4.69, 9.17) is 19.9 Å². The summed E-state index contributed by atoms with van der Waals surface area (Å²) in [5, 5.41) is 7.20. The van der Waals surface area contributed by atoms with Gasteiger partial charge in [0.2, 0.25) is 0 Å². The maximum atomic E-state index is 5.48. The van der Waals surface area contributed by atoms with Gasteiger partial charge in [-0.1, -0.05) is 243 Å². The molecule has 18 aromatic rings. The van der Waals surface area contributed by atoms with Crippen LogP contribution in [0.25, 0.3) is 173 Å². The van der Waals surface area contributed by atoms with Gasteiger partial charge in [0.25, 0.3) is 0 Å². The van der Waals surface area contributed by atoms with Gasteiger partial charge in [-0.3, -0.25) is 0 Å². The summed E-state index contributed by atoms with van der Waals surface area (Å²) in [7, 11) is 0. The monoisotopic (exact) mass is 1190 g/mol. The first kappa shape index (κ1) is 53.4. The zero-order valence-electron chi connectivity index (χ0n) is 50.4. The Labute approximate surface area is 536 Å². The molecule has 7 heteroatoms. The zero-order chi connectivity index (χ0) is 61.3. The van der Waals surface area contributed by atoms with E-state index in [2.05, 4.69) is 305 Å². The zero-order valence-corrected chi connectivity index (χ0v) is 50.4. The van der Waals surface area contributed by atoms with Crippen molar-refractivity contribution in [1.29, 1.82) is 0 Å². The summed E-state index contributed by atoms with van der Waals surface area (Å²) < 4.78 is 7.20. The fourth-order valence-electron chi connectivity index (χ4n) is 13.9. The van der Waals surface area contributed by atoms with E-state index in [1.54, 1.807) is 0 Å². The van der Waals surface area contributed by atoms with Gasteiger partial charge in [-0.05, 0) is 113 Å². The van der Waals surface area contributed by atoms with Gasteiger partial charge in [0, 0.05) is 82.8 Å². The highest BCUT2D eigenvalue weighted by atomic mass is 15.0. The Morgan fingerprint density at radius 2 is 0.473 bits per heavy atom. The summed E-state index contributed by atoms with van der Waals surface area (Å²) in [6.45, 7) is 0. The van der Waals surface area contributed by atoms with Crippen molar-refractivity contribution < 1.29 is 0 Å². The van der Waals surface area contributed by atoms with Gasteiger partial charge in [-0.25, -0.2) is 19.9 Å². The molecule has 434 valence electrons. The van der Waals surface area contributed by atoms with Crippen LogP contribution in [0, 0.1) is 0 Å². The second-order valence-electron chi connectivity index (χ2n) is 23.8. The molecule has 0 radical (unpaired) electrons. The van der Waals surface area contributed by atoms with Crippen molar-refractivity contribution in [3.05, 3.63) is 334 Å². The highest BCUT2D eigenvalue weighted by molar-refractivity contribution is 6.12. The standard InChI is InChI=1S/C86H55N7/c1-4-21-58(22-5-1)75-54-76(88-85(87-75)60-23-6-2-7-24-60)59-41-39-56(40-42-59)57-43-46-66(47-44-57)91-83-38-19-14-33-73(83)74-52-63(45-48-84(74)91)62-27-20-28-64(49-62)77-55-78(90-86(89-77)61-25-8-3-9-26-61)65-50-67(92-79-34-15-10-29-69(79)70-30-11-16-35-80(70)92)53-68(51-65)93-81-36-17-12-31-71(81)72-32-13-18-37-82(72)93/h1-55H. The van der Waals surface area contributed by atoms with Crippen LogP contribution in [0.5, 0.6) is 0 Å². The van der Waals surface area contributed by atoms with Gasteiger partial charge in [0.15, 0.2) is 11.6 Å². The van der Waals surface area contributed by atoms with E-state index in [1.165, 1.54) is 32.3 Å². The number of hydrogen-bond donors (Lipinski definition) is 0. The minimum absolute atomic E-state index is 0.656. The number of para-hydroxylation sites is 5. The molecule has 0 saturated heterocycles. The summed E-state index contributed by atoms with van der Waals surface area (Å²) in [6.07, 6.45) is 0. The molecule has 7 nitrogen and oxygen atoms in total. The Balaban J connectivity index is 0.714. The van der Waals surface area contributed by atoms with Crippen LogP contribution in [-0.2, 0) is 0 Å². The van der Waals surface area contributed by atoms with Crippen molar-refractivity contribution in [3.63, 3.8) is 0 Å². The number of benzene rings is 13. The molecule has 5 heterocycles. The summed E-state index contributed by atoms with van der Waals surface area (Å²) in [5.74, 6) is 1.36. The van der Waals surface area contributed by atoms with E-state index < -0.39 is 0 Å². The Morgan fingerprint density at radius 1 is 0.161 bits per heavy atom. The molecular weight excluding hydrogens is 1130 g/mol. The first-order chi connectivity index (χ1) is 46.1. The van der Waals surface area contributed by atoms with Gasteiger partial charge in [0.05, 0.1) is 55.9 Å². The Kier molecular flexibility index (Phi) is 12.7. The smallest absolute Gasteiger partial charge is 0.160 e. The van der Waals surface area contributed by atoms with E-state index in [0.29, 0.717) is 11.6 Å². The Morgan fingerprint density at radius 3 is 0.946 bits per heavy atom. The minimum Gasteiger partial charge on any atom is -0.309 e. The summed E-state index contributed by atoms with van der Waals surface area (Å²) >= 11 is 0. The minimum atomic E-state index is 0.656. The molecule has 0 amide bonds. The summed E-state index contributed by atoms with van der Waals surface area (Å²) in [4.78, 5) is 21.0. The molecule has 0 bridgehead atoms. The SMILES string of the molecule is c1ccc(-c2cc(-c3ccc(-c4ccc(-n5c6ccccc6c6cc(-c7cccc(-c8cc(-c9cc(-n%10c%11ccccc%11c%11ccccc%11%10)cc(-n%10c%11ccccc%11c%11ccccc%11%10)c9)nc(-c9ccccc9)n8)c7)ccc65)cc4)cc3)nc(-c3ccccc3)n2)cc1. The lowest BCUT2D eigenvalue weighted by Crippen LogP contribution is -2.01. The van der Waals surface area contributed by atoms with Gasteiger partial charge < -0.3 is 13.7 Å². The van der Waals surface area contributed by atoms with Gasteiger partial charge in [0.1, 0.15) is 0 Å². The van der Waals surface area contributed by atoms with Crippen molar-refractivity contribution in [2.24, 2.45) is 0 Å². The first-order valence-corrected chi connectivity index (χ1v) is 31.5. The van der Waals surface area contributed by atoms with Crippen LogP contribution in [0.4, 0.5) is 0 Å². The molecule has 93 heavy (non-hydrogen) atoms. The molecule has 18 rings (SSSR count). The van der Waals surface area contributed by atoms with Gasteiger partial charge >= 0.3 is 0 Å². The Hall–Kier alpha value is -12.6. The van der Waals surface area contributed by atoms with Crippen LogP contribution in [0.1, 0.15) is 0 Å². The highest BCUT2D eigenvalue weighted by Crippen LogP contribution is 2.41. The second kappa shape index (κ2) is 22.2. The fourth-order valence-corrected chi connectivity index (χ4v) is 13.9. The maximum absolute atomic E-state index is 5.48. The quantitative estimate of drug-likeness (QED) is 0.129. The molecular formula is C86H55N7. The number of aromatic nitrogens is 7. The third kappa shape index (κ3) is 9.37. The molecule has 0 saturated carbocycles. The van der Waals surface area contributed by atoms with Crippen LogP contribution in [-0.4, -0.2) is 33.6 Å². The maximum Gasteiger partial charge on any atom is 0.160 e. The normalized spacial score (nSPS) is 11.7. The number of hydrogen-bond acceptors (Lipinski definition) is 4. The summed E-state index contributed by atoms with van der Waals surface area (Å²) in [6, 6.07) is 119. The number of fused-ring (bicyclic) bond motifs is 9. The van der Waals surface area contributed by atoms with Crippen molar-refractivity contribution >= 4 is 65.4 Å². The van der Waals surface area contributed by atoms with Crippen molar-refractivity contribution in [3.8, 4) is 107 Å². The van der Waals surface area contributed by atoms with E-state index in [1.807, 2.05) is 42.5 Å². The van der Waals surface area contributed by atoms with Gasteiger partial charge in [-0.2, -0.15) is 0 Å². The molecule has 0 N–H and O–H groups in total. The lowest BCUT2D eigenvalue weighted by Gasteiger charge is -2.16. The van der Waals surface area contributed by atoms with Crippen molar-refractivity contribution in [2.45, 2.75) is 0 Å². The predicted molar refractivity (Wildman–Crippen MR) is 384 cm³/mol. The highest BCUT2D eigenvalue weighted by Gasteiger charge is 2.21. The average molecular weight is 1190 g/mol. The fraction of sp³-hybridized carbons (Fsp3) is 0. The molecule has 0 atom stereocenters. The third-order valence-electron chi connectivity index (χ3n) is 18.3. The number of rotatable bonds is 11. The lowest BCUT2D eigenvalue weighted by atomic mass is 9.99. The molecule has 0 unspecified atom stereocenters. The predicted octanol–water partition coefficient (Wildman–Crippen LogP) is 21.9. The molecule has 0 fully saturated rings. The van der Waals surface area contributed by atoms with Crippen molar-refractivity contribution in [1.82, 2.24) is 33.6 Å². The average Bonchev–Trinajstić information content (AvgIpc) is 1.61.